The number of rotatable bonds is 2. The molecule has 0 bridgehead atoms. The fraction of sp³-hybridized carbons (Fsp3) is 0. The number of aromatic nitrogens is 1. The monoisotopic (exact) mass is 396 g/mol. The van der Waals surface area contributed by atoms with E-state index >= 15 is 0 Å². The molecule has 0 aliphatic rings. The highest BCUT2D eigenvalue weighted by molar-refractivity contribution is 14.1. The van der Waals surface area contributed by atoms with E-state index in [1.165, 1.54) is 0 Å². The summed E-state index contributed by atoms with van der Waals surface area (Å²) in [7, 11) is 0. The zero-order valence-corrected chi connectivity index (χ0v) is 13.2. The summed E-state index contributed by atoms with van der Waals surface area (Å²) < 4.78 is 6.50. The first-order valence-corrected chi connectivity index (χ1v) is 7.39. The molecule has 20 heavy (non-hydrogen) atoms. The summed E-state index contributed by atoms with van der Waals surface area (Å²) in [5, 5.41) is 4.51. The fourth-order valence-corrected chi connectivity index (χ4v) is 2.92. The lowest BCUT2D eigenvalue weighted by atomic mass is 10.0. The highest BCUT2D eigenvalue weighted by Gasteiger charge is 2.20. The van der Waals surface area contributed by atoms with E-state index < -0.39 is 0 Å². The van der Waals surface area contributed by atoms with E-state index in [1.807, 2.05) is 48.5 Å². The minimum atomic E-state index is 0.341. The molecule has 2 aromatic carbocycles. The van der Waals surface area contributed by atoms with Gasteiger partial charge in [-0.05, 0) is 34.7 Å². The third kappa shape index (κ3) is 2.29. The van der Waals surface area contributed by atoms with Gasteiger partial charge in [-0.15, -0.1) is 0 Å². The zero-order valence-electron chi connectivity index (χ0n) is 10.3. The Morgan fingerprint density at radius 1 is 1.00 bits per heavy atom. The standard InChI is InChI=1S/C15H10ClIN2O/c16-11-7-3-1-5-9(11)13-14(20-19-15(13)18)10-6-2-4-8-12(10)17/h1-8H,(H2,18,19). The highest BCUT2D eigenvalue weighted by Crippen LogP contribution is 2.40. The topological polar surface area (TPSA) is 52.0 Å². The SMILES string of the molecule is Nc1noc(-c2ccccc2I)c1-c1ccccc1Cl. The zero-order chi connectivity index (χ0) is 14.1. The van der Waals surface area contributed by atoms with Gasteiger partial charge in [-0.3, -0.25) is 0 Å². The molecule has 0 fully saturated rings. The molecule has 100 valence electrons. The van der Waals surface area contributed by atoms with Crippen molar-refractivity contribution in [3.63, 3.8) is 0 Å². The van der Waals surface area contributed by atoms with Gasteiger partial charge in [-0.2, -0.15) is 0 Å². The maximum absolute atomic E-state index is 6.26. The van der Waals surface area contributed by atoms with Crippen LogP contribution < -0.4 is 5.73 Å². The van der Waals surface area contributed by atoms with Gasteiger partial charge in [0.15, 0.2) is 11.6 Å². The van der Waals surface area contributed by atoms with Crippen molar-refractivity contribution >= 4 is 40.0 Å². The van der Waals surface area contributed by atoms with Gasteiger partial charge in [0.05, 0.1) is 5.56 Å². The number of halogens is 2. The maximum atomic E-state index is 6.26. The molecule has 0 aliphatic carbocycles. The second-order valence-electron chi connectivity index (χ2n) is 4.23. The van der Waals surface area contributed by atoms with Gasteiger partial charge in [0.25, 0.3) is 0 Å². The third-order valence-corrected chi connectivity index (χ3v) is 4.25. The summed E-state index contributed by atoms with van der Waals surface area (Å²) in [6.07, 6.45) is 0. The normalized spacial score (nSPS) is 10.7. The lowest BCUT2D eigenvalue weighted by Gasteiger charge is -2.06. The van der Waals surface area contributed by atoms with Crippen LogP contribution in [0.5, 0.6) is 0 Å². The van der Waals surface area contributed by atoms with Crippen LogP contribution in [-0.2, 0) is 0 Å². The summed E-state index contributed by atoms with van der Waals surface area (Å²) in [4.78, 5) is 0. The summed E-state index contributed by atoms with van der Waals surface area (Å²) in [6, 6.07) is 15.4. The Balaban J connectivity index is 2.26. The van der Waals surface area contributed by atoms with Crippen LogP contribution in [0.15, 0.2) is 53.1 Å². The first kappa shape index (κ1) is 13.5. The predicted molar refractivity (Wildman–Crippen MR) is 89.5 cm³/mol. The molecule has 0 aliphatic heterocycles. The van der Waals surface area contributed by atoms with Crippen LogP contribution in [0, 0.1) is 3.57 Å². The summed E-state index contributed by atoms with van der Waals surface area (Å²) >= 11 is 8.52. The molecule has 3 rings (SSSR count). The summed E-state index contributed by atoms with van der Waals surface area (Å²) in [5.41, 5.74) is 8.47. The predicted octanol–water partition coefficient (Wildman–Crippen LogP) is 4.85. The molecule has 0 saturated carbocycles. The summed E-state index contributed by atoms with van der Waals surface area (Å²) in [6.45, 7) is 0. The van der Waals surface area contributed by atoms with Crippen molar-refractivity contribution in [1.82, 2.24) is 5.16 Å². The number of hydrogen-bond acceptors (Lipinski definition) is 3. The van der Waals surface area contributed by atoms with Crippen LogP contribution in [-0.4, -0.2) is 5.16 Å². The molecule has 1 heterocycles. The third-order valence-electron chi connectivity index (χ3n) is 2.98. The van der Waals surface area contributed by atoms with E-state index in [0.717, 1.165) is 20.3 Å². The lowest BCUT2D eigenvalue weighted by Crippen LogP contribution is -1.90. The van der Waals surface area contributed by atoms with Gasteiger partial charge in [-0.25, -0.2) is 0 Å². The lowest BCUT2D eigenvalue weighted by molar-refractivity contribution is 0.436. The molecule has 0 unspecified atom stereocenters. The molecule has 5 heteroatoms. The highest BCUT2D eigenvalue weighted by atomic mass is 127. The molecular formula is C15H10ClIN2O. The van der Waals surface area contributed by atoms with Crippen LogP contribution in [0.4, 0.5) is 5.82 Å². The minimum Gasteiger partial charge on any atom is -0.380 e. The van der Waals surface area contributed by atoms with Crippen molar-refractivity contribution in [2.75, 3.05) is 5.73 Å². The Labute approximate surface area is 134 Å². The fourth-order valence-electron chi connectivity index (χ4n) is 2.06. The number of nitrogens with two attached hydrogens (primary N) is 1. The van der Waals surface area contributed by atoms with E-state index in [9.17, 15) is 0 Å². The van der Waals surface area contributed by atoms with Crippen LogP contribution >= 0.6 is 34.2 Å². The van der Waals surface area contributed by atoms with Crippen molar-refractivity contribution in [3.8, 4) is 22.5 Å². The second kappa shape index (κ2) is 5.46. The first-order chi connectivity index (χ1) is 9.68. The van der Waals surface area contributed by atoms with Gasteiger partial charge < -0.3 is 10.3 Å². The number of nitrogen functional groups attached to an aromatic ring is 1. The molecule has 0 saturated heterocycles. The van der Waals surface area contributed by atoms with Crippen molar-refractivity contribution in [3.05, 3.63) is 57.1 Å². The summed E-state index contributed by atoms with van der Waals surface area (Å²) in [5.74, 6) is 0.980. The molecule has 0 atom stereocenters. The van der Waals surface area contributed by atoms with E-state index in [4.69, 9.17) is 21.9 Å². The molecule has 0 spiro atoms. The number of hydrogen-bond donors (Lipinski definition) is 1. The average Bonchev–Trinajstić information content (AvgIpc) is 2.82. The molecule has 3 nitrogen and oxygen atoms in total. The average molecular weight is 397 g/mol. The molecule has 3 aromatic rings. The largest absolute Gasteiger partial charge is 0.380 e. The van der Waals surface area contributed by atoms with Gasteiger partial charge >= 0.3 is 0 Å². The van der Waals surface area contributed by atoms with Crippen molar-refractivity contribution in [2.24, 2.45) is 0 Å². The van der Waals surface area contributed by atoms with E-state index in [1.54, 1.807) is 0 Å². The van der Waals surface area contributed by atoms with Crippen LogP contribution in [0.25, 0.3) is 22.5 Å². The van der Waals surface area contributed by atoms with Crippen molar-refractivity contribution in [2.45, 2.75) is 0 Å². The number of anilines is 1. The van der Waals surface area contributed by atoms with E-state index in [0.29, 0.717) is 16.6 Å². The van der Waals surface area contributed by atoms with E-state index in [2.05, 4.69) is 27.7 Å². The molecule has 0 radical (unpaired) electrons. The minimum absolute atomic E-state index is 0.341. The Bertz CT molecular complexity index is 770. The molecule has 0 amide bonds. The molecular weight excluding hydrogens is 387 g/mol. The van der Waals surface area contributed by atoms with Gasteiger partial charge in [0.1, 0.15) is 0 Å². The van der Waals surface area contributed by atoms with Gasteiger partial charge in [-0.1, -0.05) is 53.2 Å². The Hall–Kier alpha value is -1.53. The Morgan fingerprint density at radius 3 is 2.35 bits per heavy atom. The molecule has 2 N–H and O–H groups in total. The molecule has 1 aromatic heterocycles. The van der Waals surface area contributed by atoms with Crippen LogP contribution in [0.1, 0.15) is 0 Å². The Kier molecular flexibility index (Phi) is 3.67. The number of nitrogens with zero attached hydrogens (tertiary/aromatic N) is 1. The first-order valence-electron chi connectivity index (χ1n) is 5.93. The van der Waals surface area contributed by atoms with Gasteiger partial charge in [0.2, 0.25) is 0 Å². The smallest absolute Gasteiger partial charge is 0.178 e. The number of benzene rings is 2. The second-order valence-corrected chi connectivity index (χ2v) is 5.80. The van der Waals surface area contributed by atoms with Crippen LogP contribution in [0.3, 0.4) is 0 Å². The van der Waals surface area contributed by atoms with Gasteiger partial charge in [0, 0.05) is 19.7 Å². The van der Waals surface area contributed by atoms with Crippen LogP contribution in [0.2, 0.25) is 5.02 Å². The maximum Gasteiger partial charge on any atom is 0.178 e. The Morgan fingerprint density at radius 2 is 1.65 bits per heavy atom. The quantitative estimate of drug-likeness (QED) is 0.630. The van der Waals surface area contributed by atoms with Crippen molar-refractivity contribution < 1.29 is 4.52 Å². The van der Waals surface area contributed by atoms with Crippen molar-refractivity contribution in [1.29, 1.82) is 0 Å². The van der Waals surface area contributed by atoms with E-state index in [-0.39, 0.29) is 0 Å².